The SMILES string of the molecule is CCNC(=NCC(C)Cn1nc(C)cc1C)N(C)Cc1ccccc1OC. The van der Waals surface area contributed by atoms with Crippen molar-refractivity contribution in [2.45, 2.75) is 40.8 Å². The molecule has 0 aliphatic carbocycles. The Bertz CT molecular complexity index is 753. The molecule has 0 aliphatic rings. The Balaban J connectivity index is 2.02. The van der Waals surface area contributed by atoms with Gasteiger partial charge in [0.2, 0.25) is 0 Å². The van der Waals surface area contributed by atoms with Crippen LogP contribution in [-0.2, 0) is 13.1 Å². The van der Waals surface area contributed by atoms with Gasteiger partial charge in [0, 0.05) is 44.5 Å². The van der Waals surface area contributed by atoms with Gasteiger partial charge in [-0.25, -0.2) is 0 Å². The molecular formula is C21H33N5O. The summed E-state index contributed by atoms with van der Waals surface area (Å²) in [5, 5.41) is 7.94. The normalized spacial score (nSPS) is 12.7. The Kier molecular flexibility index (Phi) is 7.70. The van der Waals surface area contributed by atoms with E-state index in [9.17, 15) is 0 Å². The van der Waals surface area contributed by atoms with Gasteiger partial charge in [-0.3, -0.25) is 9.67 Å². The number of ether oxygens (including phenoxy) is 1. The van der Waals surface area contributed by atoms with E-state index in [2.05, 4.69) is 59.9 Å². The molecule has 27 heavy (non-hydrogen) atoms. The van der Waals surface area contributed by atoms with E-state index in [1.54, 1.807) is 7.11 Å². The third-order valence-corrected chi connectivity index (χ3v) is 4.44. The Morgan fingerprint density at radius 2 is 2.07 bits per heavy atom. The minimum absolute atomic E-state index is 0.399. The van der Waals surface area contributed by atoms with Gasteiger partial charge < -0.3 is 15.0 Å². The van der Waals surface area contributed by atoms with Gasteiger partial charge in [-0.2, -0.15) is 5.10 Å². The fraction of sp³-hybridized carbons (Fsp3) is 0.524. The summed E-state index contributed by atoms with van der Waals surface area (Å²) >= 11 is 0. The second kappa shape index (κ2) is 10.00. The minimum Gasteiger partial charge on any atom is -0.496 e. The molecule has 0 aliphatic heterocycles. The highest BCUT2D eigenvalue weighted by molar-refractivity contribution is 5.79. The van der Waals surface area contributed by atoms with E-state index >= 15 is 0 Å². The first kappa shape index (κ1) is 20.8. The average Bonchev–Trinajstić information content (AvgIpc) is 2.95. The van der Waals surface area contributed by atoms with Crippen molar-refractivity contribution in [3.05, 3.63) is 47.3 Å². The van der Waals surface area contributed by atoms with E-state index in [1.807, 2.05) is 25.1 Å². The second-order valence-electron chi connectivity index (χ2n) is 7.08. The summed E-state index contributed by atoms with van der Waals surface area (Å²) in [5.74, 6) is 2.21. The standard InChI is InChI=1S/C21H33N5O/c1-7-22-21(25(5)15-19-10-8-9-11-20(19)27-6)23-13-16(2)14-26-18(4)12-17(3)24-26/h8-12,16H,7,13-15H2,1-6H3,(H,22,23). The first-order chi connectivity index (χ1) is 12.9. The van der Waals surface area contributed by atoms with Crippen LogP contribution < -0.4 is 10.1 Å². The maximum atomic E-state index is 5.47. The summed E-state index contributed by atoms with van der Waals surface area (Å²) in [4.78, 5) is 6.98. The predicted octanol–water partition coefficient (Wildman–Crippen LogP) is 3.24. The summed E-state index contributed by atoms with van der Waals surface area (Å²) in [6.45, 7) is 11.6. The first-order valence-electron chi connectivity index (χ1n) is 9.57. The van der Waals surface area contributed by atoms with Crippen molar-refractivity contribution in [2.75, 3.05) is 27.2 Å². The van der Waals surface area contributed by atoms with E-state index < -0.39 is 0 Å². The largest absolute Gasteiger partial charge is 0.496 e. The van der Waals surface area contributed by atoms with Crippen molar-refractivity contribution < 1.29 is 4.74 Å². The van der Waals surface area contributed by atoms with Gasteiger partial charge in [0.25, 0.3) is 0 Å². The number of guanidine groups is 1. The number of para-hydroxylation sites is 1. The van der Waals surface area contributed by atoms with Crippen LogP contribution in [-0.4, -0.2) is 47.9 Å². The molecule has 6 nitrogen and oxygen atoms in total. The Labute approximate surface area is 163 Å². The van der Waals surface area contributed by atoms with Crippen LogP contribution in [0.15, 0.2) is 35.3 Å². The molecule has 1 unspecified atom stereocenters. The summed E-state index contributed by atoms with van der Waals surface area (Å²) < 4.78 is 7.54. The van der Waals surface area contributed by atoms with Crippen LogP contribution in [0.5, 0.6) is 5.75 Å². The van der Waals surface area contributed by atoms with Gasteiger partial charge in [0.05, 0.1) is 12.8 Å². The van der Waals surface area contributed by atoms with Crippen molar-refractivity contribution in [1.82, 2.24) is 20.0 Å². The minimum atomic E-state index is 0.399. The lowest BCUT2D eigenvalue weighted by molar-refractivity contribution is 0.395. The Morgan fingerprint density at radius 3 is 2.70 bits per heavy atom. The molecule has 1 heterocycles. The van der Waals surface area contributed by atoms with Gasteiger partial charge in [0.15, 0.2) is 5.96 Å². The summed E-state index contributed by atoms with van der Waals surface area (Å²) in [6, 6.07) is 10.2. The van der Waals surface area contributed by atoms with Crippen molar-refractivity contribution in [1.29, 1.82) is 0 Å². The highest BCUT2D eigenvalue weighted by Crippen LogP contribution is 2.18. The van der Waals surface area contributed by atoms with Crippen LogP contribution >= 0.6 is 0 Å². The van der Waals surface area contributed by atoms with Crippen molar-refractivity contribution in [2.24, 2.45) is 10.9 Å². The molecule has 2 rings (SSSR count). The number of nitrogens with zero attached hydrogens (tertiary/aromatic N) is 4. The Hall–Kier alpha value is -2.50. The van der Waals surface area contributed by atoms with E-state index in [0.717, 1.165) is 49.1 Å². The molecular weight excluding hydrogens is 338 g/mol. The molecule has 6 heteroatoms. The zero-order valence-corrected chi connectivity index (χ0v) is 17.5. The third-order valence-electron chi connectivity index (χ3n) is 4.44. The van der Waals surface area contributed by atoms with Gasteiger partial charge in [-0.15, -0.1) is 0 Å². The lowest BCUT2D eigenvalue weighted by atomic mass is 10.2. The summed E-state index contributed by atoms with van der Waals surface area (Å²) in [6.07, 6.45) is 0. The van der Waals surface area contributed by atoms with Crippen molar-refractivity contribution >= 4 is 5.96 Å². The van der Waals surface area contributed by atoms with Crippen molar-refractivity contribution in [3.63, 3.8) is 0 Å². The molecule has 148 valence electrons. The smallest absolute Gasteiger partial charge is 0.193 e. The molecule has 0 spiro atoms. The molecule has 0 bridgehead atoms. The number of aliphatic imine (C=N–C) groups is 1. The zero-order valence-electron chi connectivity index (χ0n) is 17.5. The van der Waals surface area contributed by atoms with Gasteiger partial charge in [0.1, 0.15) is 5.75 Å². The third kappa shape index (κ3) is 6.01. The fourth-order valence-electron chi connectivity index (χ4n) is 3.09. The number of hydrogen-bond donors (Lipinski definition) is 1. The number of methoxy groups -OCH3 is 1. The van der Waals surface area contributed by atoms with E-state index in [4.69, 9.17) is 9.73 Å². The quantitative estimate of drug-likeness (QED) is 0.572. The van der Waals surface area contributed by atoms with E-state index in [-0.39, 0.29) is 0 Å². The van der Waals surface area contributed by atoms with Crippen LogP contribution in [0.4, 0.5) is 0 Å². The van der Waals surface area contributed by atoms with Gasteiger partial charge >= 0.3 is 0 Å². The molecule has 1 aromatic heterocycles. The van der Waals surface area contributed by atoms with Crippen LogP contribution in [0.25, 0.3) is 0 Å². The van der Waals surface area contributed by atoms with Gasteiger partial charge in [-0.1, -0.05) is 25.1 Å². The average molecular weight is 372 g/mol. The van der Waals surface area contributed by atoms with Crippen LogP contribution in [0.1, 0.15) is 30.8 Å². The Morgan fingerprint density at radius 1 is 1.33 bits per heavy atom. The summed E-state index contributed by atoms with van der Waals surface area (Å²) in [7, 11) is 3.76. The number of aromatic nitrogens is 2. The number of rotatable bonds is 8. The number of aryl methyl sites for hydroxylation is 2. The monoisotopic (exact) mass is 371 g/mol. The molecule has 0 saturated heterocycles. The number of nitrogens with one attached hydrogen (secondary N) is 1. The van der Waals surface area contributed by atoms with E-state index in [0.29, 0.717) is 5.92 Å². The summed E-state index contributed by atoms with van der Waals surface area (Å²) in [5.41, 5.74) is 3.40. The number of benzene rings is 1. The highest BCUT2D eigenvalue weighted by atomic mass is 16.5. The molecule has 1 N–H and O–H groups in total. The molecule has 1 aromatic carbocycles. The van der Waals surface area contributed by atoms with Crippen LogP contribution in [0.2, 0.25) is 0 Å². The van der Waals surface area contributed by atoms with Crippen LogP contribution in [0.3, 0.4) is 0 Å². The molecule has 1 atom stereocenters. The molecule has 2 aromatic rings. The maximum absolute atomic E-state index is 5.47. The molecule has 0 saturated carbocycles. The predicted molar refractivity (Wildman–Crippen MR) is 111 cm³/mol. The highest BCUT2D eigenvalue weighted by Gasteiger charge is 2.11. The van der Waals surface area contributed by atoms with Gasteiger partial charge in [-0.05, 0) is 38.8 Å². The molecule has 0 amide bonds. The van der Waals surface area contributed by atoms with E-state index in [1.165, 1.54) is 5.69 Å². The maximum Gasteiger partial charge on any atom is 0.193 e. The number of hydrogen-bond acceptors (Lipinski definition) is 3. The zero-order chi connectivity index (χ0) is 19.8. The topological polar surface area (TPSA) is 54.7 Å². The second-order valence-corrected chi connectivity index (χ2v) is 7.08. The first-order valence-corrected chi connectivity index (χ1v) is 9.57. The lowest BCUT2D eigenvalue weighted by Crippen LogP contribution is -2.39. The molecule has 0 fully saturated rings. The molecule has 0 radical (unpaired) electrons. The lowest BCUT2D eigenvalue weighted by Gasteiger charge is -2.23. The fourth-order valence-corrected chi connectivity index (χ4v) is 3.09. The van der Waals surface area contributed by atoms with Crippen LogP contribution in [0, 0.1) is 19.8 Å². The van der Waals surface area contributed by atoms with Crippen molar-refractivity contribution in [3.8, 4) is 5.75 Å².